The van der Waals surface area contributed by atoms with E-state index >= 15 is 0 Å². The lowest BCUT2D eigenvalue weighted by Crippen LogP contribution is -2.61. The van der Waals surface area contributed by atoms with Crippen molar-refractivity contribution in [2.75, 3.05) is 6.54 Å². The number of hydrogen-bond acceptors (Lipinski definition) is 6. The van der Waals surface area contributed by atoms with Gasteiger partial charge in [-0.1, -0.05) is 6.42 Å². The molecule has 0 radical (unpaired) electrons. The topological polar surface area (TPSA) is 125 Å². The first-order valence-electron chi connectivity index (χ1n) is 6.66. The molecule has 1 heterocycles. The van der Waals surface area contributed by atoms with E-state index in [0.29, 0.717) is 19.4 Å². The number of hydrogen-bond donors (Lipinski definition) is 5. The number of carbonyl (C=O) groups excluding carboxylic acids is 1. The van der Waals surface area contributed by atoms with E-state index < -0.39 is 30.6 Å². The van der Waals surface area contributed by atoms with Crippen molar-refractivity contribution in [3.8, 4) is 0 Å². The fourth-order valence-corrected chi connectivity index (χ4v) is 2.01. The van der Waals surface area contributed by atoms with E-state index in [1.807, 2.05) is 0 Å². The highest BCUT2D eigenvalue weighted by Crippen LogP contribution is 2.19. The zero-order chi connectivity index (χ0) is 14.4. The van der Waals surface area contributed by atoms with Gasteiger partial charge in [0.15, 0.2) is 6.23 Å². The minimum atomic E-state index is -1.33. The van der Waals surface area contributed by atoms with E-state index in [9.17, 15) is 20.1 Å². The highest BCUT2D eigenvalue weighted by Gasteiger charge is 2.42. The normalized spacial score (nSPS) is 35.1. The van der Waals surface area contributed by atoms with Crippen molar-refractivity contribution < 1.29 is 24.9 Å². The molecule has 1 saturated heterocycles. The second kappa shape index (κ2) is 7.76. The Morgan fingerprint density at radius 1 is 1.16 bits per heavy atom. The minimum absolute atomic E-state index is 0.253. The van der Waals surface area contributed by atoms with Crippen LogP contribution in [0.4, 0.5) is 0 Å². The molecule has 112 valence electrons. The summed E-state index contributed by atoms with van der Waals surface area (Å²) >= 11 is 0. The second-order valence-corrected chi connectivity index (χ2v) is 4.90. The Hall–Kier alpha value is -0.730. The molecule has 5 atom stereocenters. The highest BCUT2D eigenvalue weighted by molar-refractivity contribution is 5.76. The predicted molar refractivity (Wildman–Crippen MR) is 68.0 cm³/mol. The van der Waals surface area contributed by atoms with Gasteiger partial charge < -0.3 is 31.1 Å². The summed E-state index contributed by atoms with van der Waals surface area (Å²) in [5.41, 5.74) is 5.35. The van der Waals surface area contributed by atoms with Crippen molar-refractivity contribution in [1.29, 1.82) is 0 Å². The van der Waals surface area contributed by atoms with Crippen molar-refractivity contribution in [2.24, 2.45) is 5.73 Å². The molecule has 0 aromatic heterocycles. The van der Waals surface area contributed by atoms with Crippen LogP contribution in [0.15, 0.2) is 0 Å². The lowest BCUT2D eigenvalue weighted by atomic mass is 9.99. The van der Waals surface area contributed by atoms with Crippen molar-refractivity contribution in [1.82, 2.24) is 5.32 Å². The number of nitrogens with two attached hydrogens (primary N) is 1. The number of rotatable bonds is 6. The molecule has 1 amide bonds. The summed E-state index contributed by atoms with van der Waals surface area (Å²) in [6.07, 6.45) is -2.69. The number of amides is 1. The Morgan fingerprint density at radius 2 is 1.84 bits per heavy atom. The van der Waals surface area contributed by atoms with Gasteiger partial charge in [-0.15, -0.1) is 0 Å². The Bertz CT molecular complexity index is 289. The molecule has 0 spiro atoms. The molecule has 2 unspecified atom stereocenters. The molecule has 1 rings (SSSR count). The largest absolute Gasteiger partial charge is 0.388 e. The van der Waals surface area contributed by atoms with Gasteiger partial charge in [0.2, 0.25) is 5.91 Å². The van der Waals surface area contributed by atoms with Crippen LogP contribution in [0.3, 0.4) is 0 Å². The van der Waals surface area contributed by atoms with Gasteiger partial charge in [0.05, 0.1) is 6.10 Å². The molecular weight excluding hydrogens is 252 g/mol. The number of carbonyl (C=O) groups is 1. The van der Waals surface area contributed by atoms with Crippen molar-refractivity contribution in [2.45, 2.75) is 63.3 Å². The number of unbranched alkanes of at least 4 members (excludes halogenated alkanes) is 2. The summed E-state index contributed by atoms with van der Waals surface area (Å²) in [6.45, 7) is 2.17. The molecule has 7 heteroatoms. The first-order chi connectivity index (χ1) is 8.97. The fourth-order valence-electron chi connectivity index (χ4n) is 2.01. The molecule has 0 aliphatic carbocycles. The molecule has 6 N–H and O–H groups in total. The Labute approximate surface area is 112 Å². The van der Waals surface area contributed by atoms with Gasteiger partial charge in [-0.25, -0.2) is 0 Å². The van der Waals surface area contributed by atoms with Gasteiger partial charge in [0.25, 0.3) is 0 Å². The van der Waals surface area contributed by atoms with Crippen LogP contribution < -0.4 is 11.1 Å². The molecule has 0 aromatic carbocycles. The van der Waals surface area contributed by atoms with Crippen molar-refractivity contribution in [3.63, 3.8) is 0 Å². The van der Waals surface area contributed by atoms with E-state index in [1.165, 1.54) is 0 Å². The van der Waals surface area contributed by atoms with Gasteiger partial charge in [-0.2, -0.15) is 0 Å². The summed E-state index contributed by atoms with van der Waals surface area (Å²) in [5, 5.41) is 31.3. The lowest BCUT2D eigenvalue weighted by Gasteiger charge is -2.39. The van der Waals surface area contributed by atoms with E-state index in [1.54, 1.807) is 6.92 Å². The first-order valence-corrected chi connectivity index (χ1v) is 6.66. The van der Waals surface area contributed by atoms with Crippen LogP contribution in [-0.2, 0) is 9.53 Å². The molecule has 0 saturated carbocycles. The molecular formula is C12H24N2O5. The standard InChI is InChI=1S/C12H24N2O5/c1-7-9(16)10(17)11(18)12(19-7)14-8(15)5-3-2-4-6-13/h7,9-12,16-18H,2-6,13H2,1H3,(H,14,15)/t7?,9-,10+,11?,12+/m0/s1. The van der Waals surface area contributed by atoms with Crippen LogP contribution >= 0.6 is 0 Å². The maximum absolute atomic E-state index is 11.6. The minimum Gasteiger partial charge on any atom is -0.388 e. The molecule has 0 aromatic rings. The maximum atomic E-state index is 11.6. The van der Waals surface area contributed by atoms with Gasteiger partial charge in [-0.05, 0) is 26.3 Å². The number of ether oxygens (including phenoxy) is 1. The van der Waals surface area contributed by atoms with Gasteiger partial charge in [0.1, 0.15) is 18.3 Å². The summed E-state index contributed by atoms with van der Waals surface area (Å²) in [4.78, 5) is 11.6. The summed E-state index contributed by atoms with van der Waals surface area (Å²) in [7, 11) is 0. The zero-order valence-corrected chi connectivity index (χ0v) is 11.2. The molecule has 1 fully saturated rings. The van der Waals surface area contributed by atoms with Gasteiger partial charge in [0, 0.05) is 6.42 Å². The van der Waals surface area contributed by atoms with Crippen molar-refractivity contribution in [3.05, 3.63) is 0 Å². The number of aliphatic hydroxyl groups is 3. The first kappa shape index (κ1) is 16.3. The maximum Gasteiger partial charge on any atom is 0.222 e. The summed E-state index contributed by atoms with van der Waals surface area (Å²) in [6, 6.07) is 0. The second-order valence-electron chi connectivity index (χ2n) is 4.90. The van der Waals surface area contributed by atoms with E-state index in [0.717, 1.165) is 12.8 Å². The fraction of sp³-hybridized carbons (Fsp3) is 0.917. The third-order valence-electron chi connectivity index (χ3n) is 3.26. The predicted octanol–water partition coefficient (Wildman–Crippen LogP) is -1.55. The molecule has 1 aliphatic rings. The van der Waals surface area contributed by atoms with E-state index in [2.05, 4.69) is 5.32 Å². The SMILES string of the molecule is CC1O[C@@H](NC(=O)CCCCCN)C(O)[C@H](O)[C@H]1O. The van der Waals surface area contributed by atoms with Crippen LogP contribution in [0.25, 0.3) is 0 Å². The number of nitrogens with one attached hydrogen (secondary N) is 1. The number of aliphatic hydroxyl groups excluding tert-OH is 3. The average Bonchev–Trinajstić information content (AvgIpc) is 2.38. The van der Waals surface area contributed by atoms with Crippen LogP contribution in [0.2, 0.25) is 0 Å². The Kier molecular flexibility index (Phi) is 6.67. The summed E-state index contributed by atoms with van der Waals surface area (Å²) < 4.78 is 5.27. The monoisotopic (exact) mass is 276 g/mol. The summed E-state index contributed by atoms with van der Waals surface area (Å²) in [5.74, 6) is -0.253. The van der Waals surface area contributed by atoms with E-state index in [4.69, 9.17) is 10.5 Å². The third kappa shape index (κ3) is 4.70. The van der Waals surface area contributed by atoms with Crippen LogP contribution in [0.5, 0.6) is 0 Å². The van der Waals surface area contributed by atoms with Crippen LogP contribution in [-0.4, -0.2) is 58.4 Å². The molecule has 19 heavy (non-hydrogen) atoms. The average molecular weight is 276 g/mol. The molecule has 1 aliphatic heterocycles. The van der Waals surface area contributed by atoms with Crippen LogP contribution in [0.1, 0.15) is 32.6 Å². The highest BCUT2D eigenvalue weighted by atomic mass is 16.5. The zero-order valence-electron chi connectivity index (χ0n) is 11.2. The third-order valence-corrected chi connectivity index (χ3v) is 3.26. The van der Waals surface area contributed by atoms with Gasteiger partial charge in [-0.3, -0.25) is 4.79 Å². The van der Waals surface area contributed by atoms with Gasteiger partial charge >= 0.3 is 0 Å². The Balaban J connectivity index is 2.36. The van der Waals surface area contributed by atoms with E-state index in [-0.39, 0.29) is 5.91 Å². The smallest absolute Gasteiger partial charge is 0.222 e. The molecule has 0 bridgehead atoms. The quantitative estimate of drug-likeness (QED) is 0.374. The van der Waals surface area contributed by atoms with Crippen LogP contribution in [0, 0.1) is 0 Å². The Morgan fingerprint density at radius 3 is 2.47 bits per heavy atom. The van der Waals surface area contributed by atoms with Crippen molar-refractivity contribution >= 4 is 5.91 Å². The lowest BCUT2D eigenvalue weighted by molar-refractivity contribution is -0.224. The molecule has 7 nitrogen and oxygen atoms in total.